The van der Waals surface area contributed by atoms with Gasteiger partial charge >= 0.3 is 0 Å². The van der Waals surface area contributed by atoms with Crippen molar-refractivity contribution >= 4 is 29.5 Å². The molecule has 0 aromatic heterocycles. The van der Waals surface area contributed by atoms with Crippen molar-refractivity contribution in [3.05, 3.63) is 58.1 Å². The molecule has 0 atom stereocenters. The van der Waals surface area contributed by atoms with Crippen molar-refractivity contribution in [2.24, 2.45) is 0 Å². The number of ether oxygens (including phenoxy) is 1. The second-order valence-electron chi connectivity index (χ2n) is 3.31. The fourth-order valence-electron chi connectivity index (χ4n) is 1.35. The molecular formula is C13H8Cl2O2. The second kappa shape index (κ2) is 5.21. The molecule has 0 amide bonds. The first-order valence-electron chi connectivity index (χ1n) is 4.88. The van der Waals surface area contributed by atoms with E-state index in [1.807, 2.05) is 18.2 Å². The molecule has 2 rings (SSSR count). The van der Waals surface area contributed by atoms with Crippen LogP contribution in [0.25, 0.3) is 0 Å². The summed E-state index contributed by atoms with van der Waals surface area (Å²) in [5.41, 5.74) is 0.364. The second-order valence-corrected chi connectivity index (χ2v) is 4.10. The molecule has 0 unspecified atom stereocenters. The minimum absolute atomic E-state index is 0.236. The van der Waals surface area contributed by atoms with Gasteiger partial charge in [0.15, 0.2) is 12.0 Å². The first kappa shape index (κ1) is 12.0. The summed E-state index contributed by atoms with van der Waals surface area (Å²) in [5, 5.41) is 0.586. The van der Waals surface area contributed by atoms with Crippen LogP contribution < -0.4 is 4.74 Å². The lowest BCUT2D eigenvalue weighted by molar-refractivity contribution is 0.112. The minimum atomic E-state index is 0.236. The predicted octanol–water partition coefficient (Wildman–Crippen LogP) is 4.60. The zero-order valence-electron chi connectivity index (χ0n) is 8.69. The molecule has 0 radical (unpaired) electrons. The van der Waals surface area contributed by atoms with E-state index in [4.69, 9.17) is 27.9 Å². The smallest absolute Gasteiger partial charge is 0.158 e. The molecule has 4 heteroatoms. The molecule has 0 saturated heterocycles. The fraction of sp³-hybridized carbons (Fsp3) is 0. The lowest BCUT2D eigenvalue weighted by Crippen LogP contribution is -1.91. The number of aldehydes is 1. The standard InChI is InChI=1S/C13H8Cl2O2/c14-11-7-6-9(8-16)13(12(11)15)17-10-4-2-1-3-5-10/h1-8H. The first-order valence-corrected chi connectivity index (χ1v) is 5.64. The highest BCUT2D eigenvalue weighted by Crippen LogP contribution is 2.37. The largest absolute Gasteiger partial charge is 0.455 e. The van der Waals surface area contributed by atoms with E-state index in [2.05, 4.69) is 0 Å². The van der Waals surface area contributed by atoms with Crippen LogP contribution in [0.4, 0.5) is 0 Å². The maximum Gasteiger partial charge on any atom is 0.158 e. The average Bonchev–Trinajstić information content (AvgIpc) is 2.37. The summed E-state index contributed by atoms with van der Waals surface area (Å²) >= 11 is 11.9. The van der Waals surface area contributed by atoms with Crippen LogP contribution in [-0.4, -0.2) is 6.29 Å². The number of carbonyl (C=O) groups excluding carboxylic acids is 1. The SMILES string of the molecule is O=Cc1ccc(Cl)c(Cl)c1Oc1ccccc1. The molecule has 0 aliphatic heterocycles. The lowest BCUT2D eigenvalue weighted by Gasteiger charge is -2.10. The maximum atomic E-state index is 10.9. The molecule has 0 saturated carbocycles. The average molecular weight is 267 g/mol. The number of halogens is 2. The Balaban J connectivity index is 2.44. The van der Waals surface area contributed by atoms with Crippen LogP contribution in [0.15, 0.2) is 42.5 Å². The Kier molecular flexibility index (Phi) is 3.67. The van der Waals surface area contributed by atoms with E-state index in [1.54, 1.807) is 24.3 Å². The van der Waals surface area contributed by atoms with Gasteiger partial charge in [0, 0.05) is 0 Å². The summed E-state index contributed by atoms with van der Waals surface area (Å²) in [7, 11) is 0. The topological polar surface area (TPSA) is 26.3 Å². The van der Waals surface area contributed by atoms with Gasteiger partial charge in [0.05, 0.1) is 10.6 Å². The molecule has 0 spiro atoms. The van der Waals surface area contributed by atoms with Crippen molar-refractivity contribution in [2.45, 2.75) is 0 Å². The van der Waals surface area contributed by atoms with Crippen molar-refractivity contribution in [2.75, 3.05) is 0 Å². The summed E-state index contributed by atoms with van der Waals surface area (Å²) in [6.07, 6.45) is 0.681. The van der Waals surface area contributed by atoms with Crippen LogP contribution >= 0.6 is 23.2 Å². The van der Waals surface area contributed by atoms with Gasteiger partial charge in [-0.2, -0.15) is 0 Å². The number of hydrogen-bond acceptors (Lipinski definition) is 2. The monoisotopic (exact) mass is 266 g/mol. The van der Waals surface area contributed by atoms with E-state index in [9.17, 15) is 4.79 Å². The van der Waals surface area contributed by atoms with Crippen LogP contribution in [0.2, 0.25) is 10.0 Å². The van der Waals surface area contributed by atoms with Crippen LogP contribution in [0, 0.1) is 0 Å². The third kappa shape index (κ3) is 2.60. The highest BCUT2D eigenvalue weighted by Gasteiger charge is 2.12. The molecule has 0 N–H and O–H groups in total. The van der Waals surface area contributed by atoms with Crippen molar-refractivity contribution in [1.29, 1.82) is 0 Å². The Morgan fingerprint density at radius 2 is 1.71 bits per heavy atom. The quantitative estimate of drug-likeness (QED) is 0.760. The number of benzene rings is 2. The van der Waals surface area contributed by atoms with Crippen LogP contribution in [0.3, 0.4) is 0 Å². The summed E-state index contributed by atoms with van der Waals surface area (Å²) < 4.78 is 5.56. The molecule has 0 heterocycles. The molecule has 2 nitrogen and oxygen atoms in total. The van der Waals surface area contributed by atoms with Gasteiger partial charge in [-0.05, 0) is 24.3 Å². The number of rotatable bonds is 3. The highest BCUT2D eigenvalue weighted by atomic mass is 35.5. The van der Waals surface area contributed by atoms with Gasteiger partial charge < -0.3 is 4.74 Å². The third-order valence-corrected chi connectivity index (χ3v) is 2.96. The van der Waals surface area contributed by atoms with Gasteiger partial charge in [-0.1, -0.05) is 41.4 Å². The van der Waals surface area contributed by atoms with Crippen molar-refractivity contribution < 1.29 is 9.53 Å². The number of carbonyl (C=O) groups is 1. The highest BCUT2D eigenvalue weighted by molar-refractivity contribution is 6.43. The van der Waals surface area contributed by atoms with E-state index < -0.39 is 0 Å². The summed E-state index contributed by atoms with van der Waals surface area (Å²) in [5.74, 6) is 0.875. The zero-order chi connectivity index (χ0) is 12.3. The van der Waals surface area contributed by atoms with Crippen molar-refractivity contribution in [3.63, 3.8) is 0 Å². The summed E-state index contributed by atoms with van der Waals surface area (Å²) in [4.78, 5) is 10.9. The summed E-state index contributed by atoms with van der Waals surface area (Å²) in [6.45, 7) is 0. The Labute approximate surface area is 109 Å². The maximum absolute atomic E-state index is 10.9. The van der Waals surface area contributed by atoms with Gasteiger partial charge in [-0.15, -0.1) is 0 Å². The molecule has 2 aromatic rings. The minimum Gasteiger partial charge on any atom is -0.455 e. The molecule has 0 aliphatic carbocycles. The van der Waals surface area contributed by atoms with Gasteiger partial charge in [-0.3, -0.25) is 4.79 Å². The van der Waals surface area contributed by atoms with E-state index in [0.717, 1.165) is 0 Å². The van der Waals surface area contributed by atoms with Gasteiger partial charge in [0.1, 0.15) is 10.8 Å². The van der Waals surface area contributed by atoms with E-state index >= 15 is 0 Å². The van der Waals surface area contributed by atoms with E-state index in [0.29, 0.717) is 22.6 Å². The predicted molar refractivity (Wildman–Crippen MR) is 68.4 cm³/mol. The van der Waals surface area contributed by atoms with Crippen LogP contribution in [0.1, 0.15) is 10.4 Å². The van der Waals surface area contributed by atoms with Crippen LogP contribution in [0.5, 0.6) is 11.5 Å². The van der Waals surface area contributed by atoms with Crippen molar-refractivity contribution in [1.82, 2.24) is 0 Å². The molecular weight excluding hydrogens is 259 g/mol. The third-order valence-electron chi connectivity index (χ3n) is 2.17. The van der Waals surface area contributed by atoms with Gasteiger partial charge in [-0.25, -0.2) is 0 Å². The lowest BCUT2D eigenvalue weighted by atomic mass is 10.2. The first-order chi connectivity index (χ1) is 8.22. The fourth-order valence-corrected chi connectivity index (χ4v) is 1.71. The van der Waals surface area contributed by atoms with Crippen molar-refractivity contribution in [3.8, 4) is 11.5 Å². The Bertz CT molecular complexity index is 539. The van der Waals surface area contributed by atoms with E-state index in [1.165, 1.54) is 0 Å². The van der Waals surface area contributed by atoms with Gasteiger partial charge in [0.25, 0.3) is 0 Å². The van der Waals surface area contributed by atoms with E-state index in [-0.39, 0.29) is 10.8 Å². The Morgan fingerprint density at radius 3 is 2.35 bits per heavy atom. The Morgan fingerprint density at radius 1 is 1.00 bits per heavy atom. The van der Waals surface area contributed by atoms with Gasteiger partial charge in [0.2, 0.25) is 0 Å². The molecule has 0 bridgehead atoms. The normalized spacial score (nSPS) is 10.0. The van der Waals surface area contributed by atoms with Crippen LogP contribution in [-0.2, 0) is 0 Å². The zero-order valence-corrected chi connectivity index (χ0v) is 10.2. The number of para-hydroxylation sites is 1. The Hall–Kier alpha value is -1.51. The molecule has 0 aliphatic rings. The summed E-state index contributed by atoms with van der Waals surface area (Å²) in [6, 6.07) is 12.2. The molecule has 17 heavy (non-hydrogen) atoms. The number of hydrogen-bond donors (Lipinski definition) is 0. The molecule has 2 aromatic carbocycles. The molecule has 86 valence electrons. The molecule has 0 fully saturated rings.